The van der Waals surface area contributed by atoms with Crippen molar-refractivity contribution in [3.8, 4) is 16.9 Å². The average molecular weight is 455 g/mol. The molecule has 0 bridgehead atoms. The van der Waals surface area contributed by atoms with E-state index in [1.54, 1.807) is 30.6 Å². The van der Waals surface area contributed by atoms with Gasteiger partial charge in [-0.15, -0.1) is 11.3 Å². The van der Waals surface area contributed by atoms with E-state index < -0.39 is 10.0 Å². The van der Waals surface area contributed by atoms with E-state index in [2.05, 4.69) is 20.7 Å². The zero-order chi connectivity index (χ0) is 22.0. The Balaban J connectivity index is 1.57. The lowest BCUT2D eigenvalue weighted by atomic mass is 10.1. The van der Waals surface area contributed by atoms with Crippen molar-refractivity contribution in [1.29, 1.82) is 0 Å². The highest BCUT2D eigenvalue weighted by atomic mass is 32.2. The summed E-state index contributed by atoms with van der Waals surface area (Å²) in [4.78, 5) is 10.3. The van der Waals surface area contributed by atoms with Gasteiger partial charge in [0, 0.05) is 17.5 Å². The number of thiophene rings is 1. The molecular weight excluding hydrogens is 432 g/mol. The molecule has 0 fully saturated rings. The van der Waals surface area contributed by atoms with Crippen molar-refractivity contribution in [3.05, 3.63) is 65.3 Å². The lowest BCUT2D eigenvalue weighted by Gasteiger charge is -2.10. The van der Waals surface area contributed by atoms with E-state index in [1.807, 2.05) is 31.2 Å². The minimum absolute atomic E-state index is 0.111. The molecule has 0 aliphatic rings. The van der Waals surface area contributed by atoms with Gasteiger partial charge in [-0.3, -0.25) is 0 Å². The van der Waals surface area contributed by atoms with E-state index in [0.717, 1.165) is 38.5 Å². The number of primary sulfonamides is 1. The van der Waals surface area contributed by atoms with E-state index in [4.69, 9.17) is 9.88 Å². The van der Waals surface area contributed by atoms with E-state index in [0.29, 0.717) is 18.8 Å². The molecule has 2 aromatic carbocycles. The first-order chi connectivity index (χ1) is 14.8. The van der Waals surface area contributed by atoms with Gasteiger partial charge in [0.1, 0.15) is 22.2 Å². The van der Waals surface area contributed by atoms with Crippen LogP contribution in [0, 0.1) is 6.92 Å². The highest BCUT2D eigenvalue weighted by molar-refractivity contribution is 7.89. The van der Waals surface area contributed by atoms with Gasteiger partial charge >= 0.3 is 0 Å². The first-order valence-electron chi connectivity index (χ1n) is 9.61. The maximum atomic E-state index is 11.4. The van der Waals surface area contributed by atoms with Crippen LogP contribution in [-0.2, 0) is 16.4 Å². The van der Waals surface area contributed by atoms with Gasteiger partial charge in [0.05, 0.1) is 17.4 Å². The van der Waals surface area contributed by atoms with Gasteiger partial charge in [0.15, 0.2) is 0 Å². The molecule has 0 aliphatic heterocycles. The van der Waals surface area contributed by atoms with Gasteiger partial charge in [-0.1, -0.05) is 24.3 Å². The van der Waals surface area contributed by atoms with Crippen molar-refractivity contribution in [1.82, 2.24) is 9.97 Å². The zero-order valence-corrected chi connectivity index (χ0v) is 18.8. The molecule has 0 spiro atoms. The van der Waals surface area contributed by atoms with Gasteiger partial charge in [-0.2, -0.15) is 0 Å². The number of aromatic nitrogens is 2. The van der Waals surface area contributed by atoms with Crippen molar-refractivity contribution in [3.63, 3.8) is 0 Å². The number of hydrogen-bond donors (Lipinski definition) is 2. The van der Waals surface area contributed by atoms with Crippen molar-refractivity contribution in [2.75, 3.05) is 19.0 Å². The van der Waals surface area contributed by atoms with Crippen molar-refractivity contribution >= 4 is 37.4 Å². The fourth-order valence-corrected chi connectivity index (χ4v) is 4.84. The summed E-state index contributed by atoms with van der Waals surface area (Å²) >= 11 is 1.59. The summed E-state index contributed by atoms with van der Waals surface area (Å²) in [7, 11) is -2.03. The number of benzene rings is 2. The second-order valence-corrected chi connectivity index (χ2v) is 9.46. The smallest absolute Gasteiger partial charge is 0.238 e. The molecule has 2 heterocycles. The van der Waals surface area contributed by atoms with Gasteiger partial charge in [0.25, 0.3) is 0 Å². The number of ether oxygens (including phenoxy) is 1. The highest BCUT2D eigenvalue weighted by Crippen LogP contribution is 2.37. The predicted octanol–water partition coefficient (Wildman–Crippen LogP) is 3.98. The molecule has 0 saturated carbocycles. The molecule has 4 rings (SSSR count). The first kappa shape index (κ1) is 21.2. The van der Waals surface area contributed by atoms with Gasteiger partial charge < -0.3 is 10.1 Å². The third-order valence-electron chi connectivity index (χ3n) is 4.90. The van der Waals surface area contributed by atoms with Crippen LogP contribution in [0.15, 0.2) is 58.8 Å². The van der Waals surface area contributed by atoms with E-state index in [1.165, 1.54) is 12.1 Å². The van der Waals surface area contributed by atoms with E-state index in [9.17, 15) is 8.42 Å². The number of rotatable bonds is 7. The largest absolute Gasteiger partial charge is 0.497 e. The molecule has 0 radical (unpaired) electrons. The quantitative estimate of drug-likeness (QED) is 0.437. The standard InChI is InChI=1S/C22H22N4O3S2/c1-14-25-21(24-12-11-15-3-9-18(10-4-15)31(23,27)28)20-19(13-30-22(20)26-14)16-5-7-17(29-2)8-6-16/h3-10,13H,11-12H2,1-2H3,(H2,23,27,28)(H,24,25,26). The molecule has 3 N–H and O–H groups in total. The Morgan fingerprint density at radius 2 is 1.77 bits per heavy atom. The van der Waals surface area contributed by atoms with Crippen LogP contribution in [0.5, 0.6) is 5.75 Å². The Labute approximate surface area is 185 Å². The molecular formula is C22H22N4O3S2. The minimum atomic E-state index is -3.68. The van der Waals surface area contributed by atoms with Crippen LogP contribution in [0.1, 0.15) is 11.4 Å². The highest BCUT2D eigenvalue weighted by Gasteiger charge is 2.14. The molecule has 2 aromatic heterocycles. The summed E-state index contributed by atoms with van der Waals surface area (Å²) in [5.74, 6) is 2.30. The van der Waals surface area contributed by atoms with Crippen molar-refractivity contribution in [2.45, 2.75) is 18.2 Å². The van der Waals surface area contributed by atoms with Gasteiger partial charge in [-0.25, -0.2) is 23.5 Å². The van der Waals surface area contributed by atoms with E-state index >= 15 is 0 Å². The number of hydrogen-bond acceptors (Lipinski definition) is 7. The number of sulfonamides is 1. The first-order valence-corrected chi connectivity index (χ1v) is 12.0. The number of nitrogens with one attached hydrogen (secondary N) is 1. The molecule has 4 aromatic rings. The number of aryl methyl sites for hydroxylation is 1. The monoisotopic (exact) mass is 454 g/mol. The number of nitrogens with two attached hydrogens (primary N) is 1. The van der Waals surface area contributed by atoms with Gasteiger partial charge in [0.2, 0.25) is 10.0 Å². The summed E-state index contributed by atoms with van der Waals surface area (Å²) in [6, 6.07) is 14.5. The summed E-state index contributed by atoms with van der Waals surface area (Å²) in [6.45, 7) is 2.52. The number of nitrogens with zero attached hydrogens (tertiary/aromatic N) is 2. The van der Waals surface area contributed by atoms with Crippen molar-refractivity contribution < 1.29 is 13.2 Å². The summed E-state index contributed by atoms with van der Waals surface area (Å²) in [5, 5.41) is 11.7. The van der Waals surface area contributed by atoms with Crippen LogP contribution in [0.4, 0.5) is 5.82 Å². The molecule has 9 heteroatoms. The molecule has 0 saturated heterocycles. The number of anilines is 1. The third kappa shape index (κ3) is 4.68. The van der Waals surface area contributed by atoms with Crippen LogP contribution < -0.4 is 15.2 Å². The Morgan fingerprint density at radius 3 is 2.42 bits per heavy atom. The summed E-state index contributed by atoms with van der Waals surface area (Å²) < 4.78 is 28.1. The lowest BCUT2D eigenvalue weighted by Crippen LogP contribution is -2.12. The molecule has 7 nitrogen and oxygen atoms in total. The van der Waals surface area contributed by atoms with Crippen LogP contribution in [0.25, 0.3) is 21.3 Å². The second kappa shape index (κ2) is 8.62. The second-order valence-electron chi connectivity index (χ2n) is 7.04. The lowest BCUT2D eigenvalue weighted by molar-refractivity contribution is 0.415. The molecule has 0 aliphatic carbocycles. The third-order valence-corrected chi connectivity index (χ3v) is 6.71. The Kier molecular flexibility index (Phi) is 5.90. The van der Waals surface area contributed by atoms with Crippen LogP contribution in [-0.4, -0.2) is 32.0 Å². The Hall–Kier alpha value is -3.01. The Bertz CT molecular complexity index is 1320. The molecule has 160 valence electrons. The predicted molar refractivity (Wildman–Crippen MR) is 124 cm³/mol. The molecule has 0 atom stereocenters. The summed E-state index contributed by atoms with van der Waals surface area (Å²) in [6.07, 6.45) is 0.706. The van der Waals surface area contributed by atoms with E-state index in [-0.39, 0.29) is 4.90 Å². The van der Waals surface area contributed by atoms with Gasteiger partial charge in [-0.05, 0) is 48.7 Å². The van der Waals surface area contributed by atoms with Crippen LogP contribution in [0.3, 0.4) is 0 Å². The normalized spacial score (nSPS) is 11.6. The average Bonchev–Trinajstić information content (AvgIpc) is 3.17. The van der Waals surface area contributed by atoms with Crippen molar-refractivity contribution in [2.24, 2.45) is 5.14 Å². The fraction of sp³-hybridized carbons (Fsp3) is 0.182. The maximum absolute atomic E-state index is 11.4. The van der Waals surface area contributed by atoms with Crippen LogP contribution >= 0.6 is 11.3 Å². The fourth-order valence-electron chi connectivity index (χ4n) is 3.33. The van der Waals surface area contributed by atoms with Crippen LogP contribution in [0.2, 0.25) is 0 Å². The number of methoxy groups -OCH3 is 1. The molecule has 0 amide bonds. The Morgan fingerprint density at radius 1 is 1.06 bits per heavy atom. The maximum Gasteiger partial charge on any atom is 0.238 e. The minimum Gasteiger partial charge on any atom is -0.497 e. The SMILES string of the molecule is COc1ccc(-c2csc3nc(C)nc(NCCc4ccc(S(N)(=O)=O)cc4)c23)cc1. The zero-order valence-electron chi connectivity index (χ0n) is 17.1. The summed E-state index contributed by atoms with van der Waals surface area (Å²) in [5.41, 5.74) is 3.14. The molecule has 0 unspecified atom stereocenters. The molecule has 31 heavy (non-hydrogen) atoms. The number of fused-ring (bicyclic) bond motifs is 1. The topological polar surface area (TPSA) is 107 Å².